The molecule has 0 bridgehead atoms. The van der Waals surface area contributed by atoms with Gasteiger partial charge in [0.15, 0.2) is 5.78 Å². The summed E-state index contributed by atoms with van der Waals surface area (Å²) in [5.41, 5.74) is 1.74. The lowest BCUT2D eigenvalue weighted by atomic mass is 10.0. The summed E-state index contributed by atoms with van der Waals surface area (Å²) in [6.45, 7) is 1.39. The van der Waals surface area contributed by atoms with Gasteiger partial charge in [0.2, 0.25) is 0 Å². The quantitative estimate of drug-likeness (QED) is 0.844. The van der Waals surface area contributed by atoms with Crippen molar-refractivity contribution in [1.29, 1.82) is 0 Å². The summed E-state index contributed by atoms with van der Waals surface area (Å²) in [6, 6.07) is 8.47. The van der Waals surface area contributed by atoms with Gasteiger partial charge in [0.1, 0.15) is 0 Å². The molecule has 0 spiro atoms. The number of hydrogen-bond donors (Lipinski definition) is 2. The Hall–Kier alpha value is -2.40. The van der Waals surface area contributed by atoms with Crippen LogP contribution in [0.4, 0.5) is 0 Å². The van der Waals surface area contributed by atoms with Gasteiger partial charge in [-0.15, -0.1) is 0 Å². The number of hydrogen-bond acceptors (Lipinski definition) is 3. The van der Waals surface area contributed by atoms with E-state index >= 15 is 0 Å². The normalized spacial score (nSPS) is 17.7. The van der Waals surface area contributed by atoms with Crippen LogP contribution in [0, 0.1) is 5.92 Å². The molecule has 1 aromatic heterocycles. The molecule has 22 heavy (non-hydrogen) atoms. The van der Waals surface area contributed by atoms with Gasteiger partial charge in [-0.05, 0) is 24.6 Å². The van der Waals surface area contributed by atoms with E-state index in [1.165, 1.54) is 0 Å². The Bertz CT molecular complexity index is 662. The molecule has 0 radical (unpaired) electrons. The number of aromatic amines is 1. The average Bonchev–Trinajstić information content (AvgIpc) is 3.25. The first kappa shape index (κ1) is 14.5. The number of likely N-dealkylation sites (tertiary alicyclic amines) is 1. The van der Waals surface area contributed by atoms with E-state index in [1.54, 1.807) is 47.6 Å². The fraction of sp³-hybridized carbons (Fsp3) is 0.294. The molecule has 1 amide bonds. The van der Waals surface area contributed by atoms with Gasteiger partial charge in [-0.1, -0.05) is 12.1 Å². The number of nitrogens with zero attached hydrogens (tertiary/aromatic N) is 1. The predicted octanol–water partition coefficient (Wildman–Crippen LogP) is 1.70. The third-order valence-electron chi connectivity index (χ3n) is 4.09. The molecule has 3 rings (SSSR count). The van der Waals surface area contributed by atoms with E-state index in [9.17, 15) is 9.59 Å². The molecule has 1 atom stereocenters. The molecule has 1 unspecified atom stereocenters. The predicted molar refractivity (Wildman–Crippen MR) is 81.8 cm³/mol. The zero-order valence-electron chi connectivity index (χ0n) is 12.2. The van der Waals surface area contributed by atoms with Crippen molar-refractivity contribution in [2.24, 2.45) is 5.92 Å². The van der Waals surface area contributed by atoms with Crippen molar-refractivity contribution in [3.8, 4) is 0 Å². The van der Waals surface area contributed by atoms with Crippen molar-refractivity contribution < 1.29 is 14.7 Å². The molecule has 1 fully saturated rings. The summed E-state index contributed by atoms with van der Waals surface area (Å²) in [5, 5.41) is 9.15. The number of nitrogens with one attached hydrogen (secondary N) is 1. The van der Waals surface area contributed by atoms with Gasteiger partial charge in [-0.2, -0.15) is 0 Å². The molecule has 2 heterocycles. The second-order valence-electron chi connectivity index (χ2n) is 5.59. The number of aliphatic hydroxyl groups excluding tert-OH is 1. The molecule has 5 nitrogen and oxygen atoms in total. The van der Waals surface area contributed by atoms with Crippen molar-refractivity contribution in [1.82, 2.24) is 9.88 Å². The molecular weight excluding hydrogens is 280 g/mol. The van der Waals surface area contributed by atoms with Gasteiger partial charge in [0, 0.05) is 54.7 Å². The summed E-state index contributed by atoms with van der Waals surface area (Å²) in [7, 11) is 0. The van der Waals surface area contributed by atoms with E-state index in [-0.39, 0.29) is 24.2 Å². The highest BCUT2D eigenvalue weighted by molar-refractivity contribution is 6.09. The molecule has 2 aromatic rings. The Labute approximate surface area is 128 Å². The molecule has 1 aliphatic heterocycles. The molecule has 1 aliphatic rings. The summed E-state index contributed by atoms with van der Waals surface area (Å²) >= 11 is 0. The first-order valence-electron chi connectivity index (χ1n) is 7.36. The summed E-state index contributed by atoms with van der Waals surface area (Å²) in [4.78, 5) is 29.2. The fourth-order valence-corrected chi connectivity index (χ4v) is 2.74. The number of carbonyl (C=O) groups is 2. The molecule has 0 saturated carbocycles. The summed E-state index contributed by atoms with van der Waals surface area (Å²) in [6.07, 6.45) is 4.20. The van der Waals surface area contributed by atoms with Crippen LogP contribution >= 0.6 is 0 Å². The summed E-state index contributed by atoms with van der Waals surface area (Å²) < 4.78 is 0. The van der Waals surface area contributed by atoms with Crippen LogP contribution in [0.15, 0.2) is 42.7 Å². The second kappa shape index (κ2) is 6.15. The number of aliphatic hydroxyl groups is 1. The minimum atomic E-state index is -0.0678. The smallest absolute Gasteiger partial charge is 0.253 e. The maximum absolute atomic E-state index is 12.4. The highest BCUT2D eigenvalue weighted by Crippen LogP contribution is 2.19. The highest BCUT2D eigenvalue weighted by atomic mass is 16.3. The van der Waals surface area contributed by atoms with Crippen LogP contribution in [0.5, 0.6) is 0 Å². The lowest BCUT2D eigenvalue weighted by molar-refractivity contribution is 0.0781. The number of carbonyl (C=O) groups excluding carboxylic acids is 2. The van der Waals surface area contributed by atoms with Crippen molar-refractivity contribution in [2.75, 3.05) is 19.7 Å². The van der Waals surface area contributed by atoms with Crippen LogP contribution in [0.25, 0.3) is 0 Å². The van der Waals surface area contributed by atoms with Crippen molar-refractivity contribution in [3.05, 3.63) is 59.4 Å². The third kappa shape index (κ3) is 2.80. The Morgan fingerprint density at radius 1 is 1.14 bits per heavy atom. The van der Waals surface area contributed by atoms with Gasteiger partial charge in [-0.25, -0.2) is 0 Å². The van der Waals surface area contributed by atoms with Crippen LogP contribution < -0.4 is 0 Å². The Morgan fingerprint density at radius 3 is 2.45 bits per heavy atom. The van der Waals surface area contributed by atoms with E-state index in [0.717, 1.165) is 6.42 Å². The zero-order chi connectivity index (χ0) is 15.5. The minimum absolute atomic E-state index is 0.0448. The van der Waals surface area contributed by atoms with Crippen LogP contribution in [-0.2, 0) is 0 Å². The van der Waals surface area contributed by atoms with E-state index in [4.69, 9.17) is 5.11 Å². The largest absolute Gasteiger partial charge is 0.396 e. The van der Waals surface area contributed by atoms with E-state index in [0.29, 0.717) is 29.8 Å². The molecule has 5 heteroatoms. The fourth-order valence-electron chi connectivity index (χ4n) is 2.74. The number of ketones is 1. The van der Waals surface area contributed by atoms with Gasteiger partial charge >= 0.3 is 0 Å². The summed E-state index contributed by atoms with van der Waals surface area (Å²) in [5.74, 6) is 0.0664. The Morgan fingerprint density at radius 2 is 1.86 bits per heavy atom. The molecular formula is C17H18N2O3. The molecule has 1 saturated heterocycles. The van der Waals surface area contributed by atoms with Gasteiger partial charge in [0.25, 0.3) is 5.91 Å². The third-order valence-corrected chi connectivity index (χ3v) is 4.09. The van der Waals surface area contributed by atoms with Crippen molar-refractivity contribution in [2.45, 2.75) is 6.42 Å². The van der Waals surface area contributed by atoms with Crippen LogP contribution in [0.3, 0.4) is 0 Å². The average molecular weight is 298 g/mol. The van der Waals surface area contributed by atoms with Crippen LogP contribution in [0.2, 0.25) is 0 Å². The minimum Gasteiger partial charge on any atom is -0.396 e. The Kier molecular flexibility index (Phi) is 4.06. The second-order valence-corrected chi connectivity index (χ2v) is 5.59. The molecule has 0 aliphatic carbocycles. The first-order valence-corrected chi connectivity index (χ1v) is 7.36. The maximum Gasteiger partial charge on any atom is 0.253 e. The molecule has 2 N–H and O–H groups in total. The topological polar surface area (TPSA) is 73.4 Å². The van der Waals surface area contributed by atoms with Crippen LogP contribution in [-0.4, -0.2) is 46.4 Å². The number of H-pyrrole nitrogens is 1. The molecule has 114 valence electrons. The van der Waals surface area contributed by atoms with E-state index in [2.05, 4.69) is 4.98 Å². The molecule has 1 aromatic carbocycles. The highest BCUT2D eigenvalue weighted by Gasteiger charge is 2.26. The van der Waals surface area contributed by atoms with Crippen LogP contribution in [0.1, 0.15) is 32.7 Å². The maximum atomic E-state index is 12.4. The van der Waals surface area contributed by atoms with E-state index < -0.39 is 0 Å². The lowest BCUT2D eigenvalue weighted by Crippen LogP contribution is -2.29. The Balaban J connectivity index is 1.72. The zero-order valence-corrected chi connectivity index (χ0v) is 12.2. The lowest BCUT2D eigenvalue weighted by Gasteiger charge is -2.16. The number of benzene rings is 1. The monoisotopic (exact) mass is 298 g/mol. The van der Waals surface area contributed by atoms with Gasteiger partial charge < -0.3 is 15.0 Å². The number of rotatable bonds is 4. The number of amides is 1. The first-order chi connectivity index (χ1) is 10.7. The van der Waals surface area contributed by atoms with Crippen molar-refractivity contribution >= 4 is 11.7 Å². The van der Waals surface area contributed by atoms with E-state index in [1.807, 2.05) is 0 Å². The van der Waals surface area contributed by atoms with Gasteiger partial charge in [0.05, 0.1) is 0 Å². The standard InChI is InChI=1S/C17H18N2O3/c20-11-12-6-8-19(10-12)17(22)14-3-1-13(2-4-14)16(21)15-5-7-18-9-15/h1-5,7,9,12,18,20H,6,8,10-11H2. The van der Waals surface area contributed by atoms with Crippen molar-refractivity contribution in [3.63, 3.8) is 0 Å². The number of aromatic nitrogens is 1. The van der Waals surface area contributed by atoms with Gasteiger partial charge in [-0.3, -0.25) is 9.59 Å². The SMILES string of the molecule is O=C(c1ccc(C(=O)N2CCC(CO)C2)cc1)c1cc[nH]c1.